The summed E-state index contributed by atoms with van der Waals surface area (Å²) in [6.07, 6.45) is 9.47. The van der Waals surface area contributed by atoms with Crippen LogP contribution in [-0.2, 0) is 14.2 Å². The van der Waals surface area contributed by atoms with Gasteiger partial charge in [0.05, 0.1) is 30.5 Å². The van der Waals surface area contributed by atoms with Gasteiger partial charge in [0.25, 0.3) is 0 Å². The van der Waals surface area contributed by atoms with Gasteiger partial charge in [-0.05, 0) is 26.2 Å². The number of ether oxygens (including phenoxy) is 3. The molecule has 1 aliphatic carbocycles. The fourth-order valence-electron chi connectivity index (χ4n) is 3.88. The minimum Gasteiger partial charge on any atom is -0.375 e. The zero-order valence-electron chi connectivity index (χ0n) is 12.7. The van der Waals surface area contributed by atoms with Crippen LogP contribution in [0.5, 0.6) is 0 Å². The topological polar surface area (TPSA) is 39.7 Å². The van der Waals surface area contributed by atoms with E-state index in [-0.39, 0.29) is 11.7 Å². The van der Waals surface area contributed by atoms with Crippen LogP contribution in [0.3, 0.4) is 0 Å². The minimum absolute atomic E-state index is 0.139. The molecular formula is C16H29NO3. The van der Waals surface area contributed by atoms with Gasteiger partial charge in [0.15, 0.2) is 0 Å². The molecule has 4 heteroatoms. The van der Waals surface area contributed by atoms with Crippen LogP contribution in [-0.4, -0.2) is 50.2 Å². The molecule has 116 valence electrons. The zero-order valence-corrected chi connectivity index (χ0v) is 12.7. The first kappa shape index (κ1) is 14.8. The van der Waals surface area contributed by atoms with E-state index in [1.807, 2.05) is 0 Å². The third-order valence-corrected chi connectivity index (χ3v) is 4.96. The molecule has 0 aromatic rings. The van der Waals surface area contributed by atoms with Gasteiger partial charge in [-0.15, -0.1) is 0 Å². The van der Waals surface area contributed by atoms with E-state index in [2.05, 4.69) is 12.2 Å². The summed E-state index contributed by atoms with van der Waals surface area (Å²) >= 11 is 0. The van der Waals surface area contributed by atoms with E-state index in [0.29, 0.717) is 12.2 Å². The maximum atomic E-state index is 6.15. The van der Waals surface area contributed by atoms with Crippen molar-refractivity contribution in [3.8, 4) is 0 Å². The van der Waals surface area contributed by atoms with Gasteiger partial charge in [-0.2, -0.15) is 0 Å². The number of nitrogens with one attached hydrogen (secondary N) is 1. The van der Waals surface area contributed by atoms with Crippen molar-refractivity contribution < 1.29 is 14.2 Å². The second kappa shape index (κ2) is 6.73. The highest BCUT2D eigenvalue weighted by Crippen LogP contribution is 2.39. The van der Waals surface area contributed by atoms with Crippen molar-refractivity contribution in [2.75, 3.05) is 26.3 Å². The molecule has 2 aliphatic heterocycles. The predicted octanol–water partition coefficient (Wildman–Crippen LogP) is 2.26. The second-order valence-corrected chi connectivity index (χ2v) is 6.77. The molecule has 3 atom stereocenters. The fraction of sp³-hybridized carbons (Fsp3) is 1.00. The summed E-state index contributed by atoms with van der Waals surface area (Å²) in [7, 11) is 0. The largest absolute Gasteiger partial charge is 0.375 e. The summed E-state index contributed by atoms with van der Waals surface area (Å²) in [5.74, 6) is 0. The second-order valence-electron chi connectivity index (χ2n) is 6.77. The third kappa shape index (κ3) is 3.73. The lowest BCUT2D eigenvalue weighted by atomic mass is 9.79. The first-order valence-corrected chi connectivity index (χ1v) is 8.37. The lowest BCUT2D eigenvalue weighted by molar-refractivity contribution is -0.161. The summed E-state index contributed by atoms with van der Waals surface area (Å²) in [6.45, 7) is 5.57. The van der Waals surface area contributed by atoms with Crippen LogP contribution in [0, 0.1) is 0 Å². The Morgan fingerprint density at radius 1 is 1.20 bits per heavy atom. The number of hydrogen-bond acceptors (Lipinski definition) is 4. The van der Waals surface area contributed by atoms with Crippen molar-refractivity contribution in [3.05, 3.63) is 0 Å². The van der Waals surface area contributed by atoms with Crippen LogP contribution in [0.4, 0.5) is 0 Å². The molecule has 2 saturated heterocycles. The average Bonchev–Trinajstić information content (AvgIpc) is 2.46. The standard InChI is InChI=1S/C16H29NO3/c1-13-10-17-11-15(20-13)12-18-14-5-8-19-16(9-14)6-3-2-4-7-16/h13-15,17H,2-12H2,1H3. The van der Waals surface area contributed by atoms with E-state index in [9.17, 15) is 0 Å². The molecule has 3 fully saturated rings. The highest BCUT2D eigenvalue weighted by Gasteiger charge is 2.39. The Morgan fingerprint density at radius 2 is 2.05 bits per heavy atom. The Hall–Kier alpha value is -0.160. The van der Waals surface area contributed by atoms with Gasteiger partial charge in [-0.25, -0.2) is 0 Å². The van der Waals surface area contributed by atoms with Crippen molar-refractivity contribution in [1.82, 2.24) is 5.32 Å². The van der Waals surface area contributed by atoms with Gasteiger partial charge in [-0.3, -0.25) is 0 Å². The molecule has 1 saturated carbocycles. The molecule has 0 amide bonds. The first-order valence-electron chi connectivity index (χ1n) is 8.37. The van der Waals surface area contributed by atoms with Gasteiger partial charge < -0.3 is 19.5 Å². The SMILES string of the molecule is CC1CNCC(COC2CCOC3(CCCCC3)C2)O1. The van der Waals surface area contributed by atoms with E-state index >= 15 is 0 Å². The fourth-order valence-corrected chi connectivity index (χ4v) is 3.88. The van der Waals surface area contributed by atoms with E-state index in [1.165, 1.54) is 32.1 Å². The Bertz CT molecular complexity index is 299. The van der Waals surface area contributed by atoms with Gasteiger partial charge in [0, 0.05) is 26.1 Å². The summed E-state index contributed by atoms with van der Waals surface area (Å²) < 4.78 is 18.2. The van der Waals surface area contributed by atoms with Crippen molar-refractivity contribution >= 4 is 0 Å². The molecule has 3 unspecified atom stereocenters. The summed E-state index contributed by atoms with van der Waals surface area (Å²) in [6, 6.07) is 0. The molecule has 0 bridgehead atoms. The molecule has 3 aliphatic rings. The van der Waals surface area contributed by atoms with Crippen LogP contribution in [0.2, 0.25) is 0 Å². The number of morpholine rings is 1. The van der Waals surface area contributed by atoms with Crippen LogP contribution >= 0.6 is 0 Å². The monoisotopic (exact) mass is 283 g/mol. The smallest absolute Gasteiger partial charge is 0.0936 e. The van der Waals surface area contributed by atoms with Crippen LogP contribution < -0.4 is 5.32 Å². The molecular weight excluding hydrogens is 254 g/mol. The normalized spacial score (nSPS) is 38.0. The summed E-state index contributed by atoms with van der Waals surface area (Å²) in [5, 5.41) is 3.40. The Kier molecular flexibility index (Phi) is 4.97. The Morgan fingerprint density at radius 3 is 2.85 bits per heavy atom. The molecule has 20 heavy (non-hydrogen) atoms. The molecule has 0 aromatic carbocycles. The van der Waals surface area contributed by atoms with Crippen LogP contribution in [0.1, 0.15) is 51.9 Å². The highest BCUT2D eigenvalue weighted by atomic mass is 16.6. The molecule has 2 heterocycles. The van der Waals surface area contributed by atoms with E-state index in [1.54, 1.807) is 0 Å². The van der Waals surface area contributed by atoms with E-state index in [0.717, 1.165) is 39.1 Å². The van der Waals surface area contributed by atoms with Crippen LogP contribution in [0.15, 0.2) is 0 Å². The lowest BCUT2D eigenvalue weighted by Gasteiger charge is -2.43. The predicted molar refractivity (Wildman–Crippen MR) is 77.9 cm³/mol. The van der Waals surface area contributed by atoms with Crippen LogP contribution in [0.25, 0.3) is 0 Å². The zero-order chi connectivity index (χ0) is 13.8. The Balaban J connectivity index is 1.45. The summed E-state index contributed by atoms with van der Waals surface area (Å²) in [5.41, 5.74) is 0.139. The molecule has 0 aromatic heterocycles. The molecule has 4 nitrogen and oxygen atoms in total. The van der Waals surface area contributed by atoms with Gasteiger partial charge >= 0.3 is 0 Å². The molecule has 3 rings (SSSR count). The minimum atomic E-state index is 0.139. The first-order chi connectivity index (χ1) is 9.76. The van der Waals surface area contributed by atoms with Crippen molar-refractivity contribution in [3.63, 3.8) is 0 Å². The van der Waals surface area contributed by atoms with E-state index < -0.39 is 0 Å². The van der Waals surface area contributed by atoms with Crippen molar-refractivity contribution in [1.29, 1.82) is 0 Å². The maximum absolute atomic E-state index is 6.15. The van der Waals surface area contributed by atoms with Gasteiger partial charge in [-0.1, -0.05) is 19.3 Å². The number of rotatable bonds is 3. The molecule has 1 N–H and O–H groups in total. The molecule has 1 spiro atoms. The molecule has 0 radical (unpaired) electrons. The average molecular weight is 283 g/mol. The van der Waals surface area contributed by atoms with Gasteiger partial charge in [0.2, 0.25) is 0 Å². The van der Waals surface area contributed by atoms with Gasteiger partial charge in [0.1, 0.15) is 0 Å². The quantitative estimate of drug-likeness (QED) is 0.862. The maximum Gasteiger partial charge on any atom is 0.0936 e. The number of hydrogen-bond donors (Lipinski definition) is 1. The Labute approximate surface area is 122 Å². The van der Waals surface area contributed by atoms with Crippen molar-refractivity contribution in [2.45, 2.75) is 75.8 Å². The van der Waals surface area contributed by atoms with E-state index in [4.69, 9.17) is 14.2 Å². The lowest BCUT2D eigenvalue weighted by Crippen LogP contribution is -2.48. The third-order valence-electron chi connectivity index (χ3n) is 4.96. The van der Waals surface area contributed by atoms with Crippen molar-refractivity contribution in [2.24, 2.45) is 0 Å². The highest BCUT2D eigenvalue weighted by molar-refractivity contribution is 4.90. The summed E-state index contributed by atoms with van der Waals surface area (Å²) in [4.78, 5) is 0.